The van der Waals surface area contributed by atoms with Gasteiger partial charge in [0.25, 0.3) is 0 Å². The predicted octanol–water partition coefficient (Wildman–Crippen LogP) is 4.05. The zero-order valence-electron chi connectivity index (χ0n) is 11.9. The molecule has 0 radical (unpaired) electrons. The van der Waals surface area contributed by atoms with Crippen molar-refractivity contribution in [3.05, 3.63) is 44.4 Å². The summed E-state index contributed by atoms with van der Waals surface area (Å²) in [6, 6.07) is 2.20. The lowest BCUT2D eigenvalue weighted by Crippen LogP contribution is -2.14. The maximum atomic E-state index is 13.4. The number of rotatable bonds is 5. The van der Waals surface area contributed by atoms with Gasteiger partial charge in [0.1, 0.15) is 17.4 Å². The highest BCUT2D eigenvalue weighted by Gasteiger charge is 2.12. The van der Waals surface area contributed by atoms with Crippen LogP contribution in [-0.4, -0.2) is 16.8 Å². The minimum absolute atomic E-state index is 0.0941. The lowest BCUT2D eigenvalue weighted by atomic mass is 10.2. The first-order chi connectivity index (χ1) is 10.4. The molecule has 1 N–H and O–H groups in total. The number of anilines is 1. The fourth-order valence-corrected chi connectivity index (χ4v) is 3.07. The van der Waals surface area contributed by atoms with Crippen molar-refractivity contribution in [3.8, 4) is 0 Å². The van der Waals surface area contributed by atoms with Crippen molar-refractivity contribution in [1.29, 1.82) is 0 Å². The van der Waals surface area contributed by atoms with Crippen molar-refractivity contribution in [2.75, 3.05) is 11.1 Å². The number of halogens is 3. The summed E-state index contributed by atoms with van der Waals surface area (Å²) in [6.07, 6.45) is 0. The molecule has 0 unspecified atom stereocenters. The van der Waals surface area contributed by atoms with Gasteiger partial charge in [-0.05, 0) is 48.6 Å². The quantitative estimate of drug-likeness (QED) is 0.566. The van der Waals surface area contributed by atoms with Crippen molar-refractivity contribution in [1.82, 2.24) is 5.16 Å². The molecule has 0 saturated carbocycles. The fourth-order valence-electron chi connectivity index (χ4n) is 1.78. The van der Waals surface area contributed by atoms with Crippen molar-refractivity contribution in [3.63, 3.8) is 0 Å². The zero-order valence-corrected chi connectivity index (χ0v) is 14.8. The molecule has 1 heterocycles. The molecule has 1 amide bonds. The van der Waals surface area contributed by atoms with Crippen LogP contribution in [0.1, 0.15) is 17.0 Å². The third-order valence-corrected chi connectivity index (χ3v) is 4.92. The molecular weight excluding hydrogens is 425 g/mol. The van der Waals surface area contributed by atoms with Crippen LogP contribution in [0.25, 0.3) is 0 Å². The summed E-state index contributed by atoms with van der Waals surface area (Å²) >= 11 is 2.95. The van der Waals surface area contributed by atoms with Crippen LogP contribution in [0.15, 0.2) is 16.7 Å². The number of benzene rings is 1. The van der Waals surface area contributed by atoms with E-state index in [1.165, 1.54) is 11.8 Å². The van der Waals surface area contributed by atoms with E-state index in [4.69, 9.17) is 4.52 Å². The van der Waals surface area contributed by atoms with Gasteiger partial charge in [0.2, 0.25) is 5.91 Å². The molecule has 0 fully saturated rings. The van der Waals surface area contributed by atoms with Gasteiger partial charge >= 0.3 is 0 Å². The number of aromatic nitrogens is 1. The second-order valence-electron chi connectivity index (χ2n) is 4.60. The second kappa shape index (κ2) is 7.40. The van der Waals surface area contributed by atoms with Gasteiger partial charge in [-0.2, -0.15) is 0 Å². The van der Waals surface area contributed by atoms with Gasteiger partial charge in [-0.25, -0.2) is 8.78 Å². The molecule has 2 aromatic rings. The monoisotopic (exact) mass is 438 g/mol. The number of nitrogens with zero attached hydrogens (tertiary/aromatic N) is 1. The Bertz CT molecular complexity index is 664. The Labute approximate surface area is 144 Å². The number of aryl methyl sites for hydroxylation is 2. The van der Waals surface area contributed by atoms with Crippen LogP contribution in [0.4, 0.5) is 14.5 Å². The largest absolute Gasteiger partial charge is 0.361 e. The lowest BCUT2D eigenvalue weighted by Gasteiger charge is -2.07. The van der Waals surface area contributed by atoms with Crippen LogP contribution < -0.4 is 5.32 Å². The number of amides is 1. The summed E-state index contributed by atoms with van der Waals surface area (Å²) in [5.74, 6) is -0.231. The normalized spacial score (nSPS) is 10.8. The van der Waals surface area contributed by atoms with E-state index in [0.29, 0.717) is 5.75 Å². The number of carbonyl (C=O) groups is 1. The first kappa shape index (κ1) is 17.2. The van der Waals surface area contributed by atoms with Gasteiger partial charge in [0, 0.05) is 17.0 Å². The van der Waals surface area contributed by atoms with E-state index in [1.807, 2.05) is 13.8 Å². The maximum absolute atomic E-state index is 13.4. The Morgan fingerprint density at radius 3 is 2.55 bits per heavy atom. The summed E-state index contributed by atoms with van der Waals surface area (Å²) in [6.45, 7) is 3.65. The summed E-state index contributed by atoms with van der Waals surface area (Å²) in [4.78, 5) is 11.8. The van der Waals surface area contributed by atoms with Crippen LogP contribution in [0.2, 0.25) is 0 Å². The van der Waals surface area contributed by atoms with Crippen LogP contribution in [-0.2, 0) is 10.5 Å². The standard InChI is InChI=1S/C14H13F2IN2O2S/c1-7-10(8(2)21-19-7)5-22-6-13(20)18-9-3-11(15)14(17)12(16)4-9/h3-4H,5-6H2,1-2H3,(H,18,20). The van der Waals surface area contributed by atoms with E-state index in [9.17, 15) is 13.6 Å². The molecule has 0 bridgehead atoms. The minimum atomic E-state index is -0.695. The number of nitrogens with one attached hydrogen (secondary N) is 1. The molecule has 1 aromatic heterocycles. The molecule has 1 aromatic carbocycles. The van der Waals surface area contributed by atoms with Gasteiger partial charge in [0.05, 0.1) is 15.0 Å². The number of hydrogen-bond acceptors (Lipinski definition) is 4. The molecule has 0 atom stereocenters. The van der Waals surface area contributed by atoms with Crippen molar-refractivity contribution in [2.45, 2.75) is 19.6 Å². The molecule has 118 valence electrons. The third-order valence-electron chi connectivity index (χ3n) is 2.93. The Balaban J connectivity index is 1.88. The summed E-state index contributed by atoms with van der Waals surface area (Å²) in [7, 11) is 0. The zero-order chi connectivity index (χ0) is 16.3. The molecule has 0 saturated heterocycles. The topological polar surface area (TPSA) is 55.1 Å². The van der Waals surface area contributed by atoms with Crippen molar-refractivity contribution in [2.24, 2.45) is 0 Å². The maximum Gasteiger partial charge on any atom is 0.234 e. The Kier molecular flexibility index (Phi) is 5.79. The summed E-state index contributed by atoms with van der Waals surface area (Å²) in [5.41, 5.74) is 1.87. The molecule has 22 heavy (non-hydrogen) atoms. The Morgan fingerprint density at radius 2 is 2.00 bits per heavy atom. The molecule has 4 nitrogen and oxygen atoms in total. The molecular formula is C14H13F2IN2O2S. The molecule has 0 aliphatic carbocycles. The first-order valence-electron chi connectivity index (χ1n) is 6.32. The summed E-state index contributed by atoms with van der Waals surface area (Å²) < 4.78 is 31.7. The highest BCUT2D eigenvalue weighted by Crippen LogP contribution is 2.22. The highest BCUT2D eigenvalue weighted by atomic mass is 127. The Morgan fingerprint density at radius 1 is 1.36 bits per heavy atom. The van der Waals surface area contributed by atoms with E-state index in [2.05, 4.69) is 10.5 Å². The van der Waals surface area contributed by atoms with Crippen molar-refractivity contribution >= 4 is 45.9 Å². The number of hydrogen-bond donors (Lipinski definition) is 1. The molecule has 0 spiro atoms. The number of carbonyl (C=O) groups excluding carboxylic acids is 1. The molecule has 0 aliphatic heterocycles. The van der Waals surface area contributed by atoms with Crippen LogP contribution in [0.3, 0.4) is 0 Å². The first-order valence-corrected chi connectivity index (χ1v) is 8.55. The van der Waals surface area contributed by atoms with Crippen molar-refractivity contribution < 1.29 is 18.1 Å². The average Bonchev–Trinajstić information content (AvgIpc) is 2.76. The van der Waals surface area contributed by atoms with E-state index in [-0.39, 0.29) is 20.9 Å². The van der Waals surface area contributed by atoms with Crippen LogP contribution >= 0.6 is 34.4 Å². The average molecular weight is 438 g/mol. The fraction of sp³-hybridized carbons (Fsp3) is 0.286. The Hall–Kier alpha value is -1.16. The molecule has 2 rings (SSSR count). The number of thioether (sulfide) groups is 1. The van der Waals surface area contributed by atoms with E-state index in [0.717, 1.165) is 29.2 Å². The smallest absolute Gasteiger partial charge is 0.234 e. The van der Waals surface area contributed by atoms with Gasteiger partial charge in [-0.1, -0.05) is 5.16 Å². The highest BCUT2D eigenvalue weighted by molar-refractivity contribution is 14.1. The van der Waals surface area contributed by atoms with E-state index in [1.54, 1.807) is 22.6 Å². The van der Waals surface area contributed by atoms with Gasteiger partial charge in [-0.15, -0.1) is 11.8 Å². The van der Waals surface area contributed by atoms with Gasteiger partial charge in [0.15, 0.2) is 0 Å². The van der Waals surface area contributed by atoms with Crippen LogP contribution in [0, 0.1) is 29.1 Å². The molecule has 8 heteroatoms. The second-order valence-corrected chi connectivity index (χ2v) is 6.66. The predicted molar refractivity (Wildman–Crippen MR) is 89.8 cm³/mol. The van der Waals surface area contributed by atoms with Crippen LogP contribution in [0.5, 0.6) is 0 Å². The van der Waals surface area contributed by atoms with Gasteiger partial charge < -0.3 is 9.84 Å². The minimum Gasteiger partial charge on any atom is -0.361 e. The lowest BCUT2D eigenvalue weighted by molar-refractivity contribution is -0.113. The third kappa shape index (κ3) is 4.19. The van der Waals surface area contributed by atoms with E-state index < -0.39 is 11.6 Å². The molecule has 0 aliphatic rings. The summed E-state index contributed by atoms with van der Waals surface area (Å²) in [5, 5.41) is 6.31. The van der Waals surface area contributed by atoms with Gasteiger partial charge in [-0.3, -0.25) is 4.79 Å². The SMILES string of the molecule is Cc1noc(C)c1CSCC(=O)Nc1cc(F)c(I)c(F)c1. The van der Waals surface area contributed by atoms with E-state index >= 15 is 0 Å².